The number of ether oxygens (including phenoxy) is 1. The maximum Gasteiger partial charge on any atom is 0.129 e. The van der Waals surface area contributed by atoms with E-state index in [1.165, 1.54) is 0 Å². The minimum absolute atomic E-state index is 0.178. The van der Waals surface area contributed by atoms with Gasteiger partial charge in [-0.05, 0) is 0 Å². The second kappa shape index (κ2) is 4.24. The van der Waals surface area contributed by atoms with Crippen LogP contribution in [0.15, 0.2) is 24.4 Å². The fourth-order valence-corrected chi connectivity index (χ4v) is 1.59. The molecule has 0 saturated heterocycles. The highest BCUT2D eigenvalue weighted by Crippen LogP contribution is 2.34. The van der Waals surface area contributed by atoms with E-state index in [1.54, 1.807) is 25.4 Å². The van der Waals surface area contributed by atoms with Crippen LogP contribution in [0.2, 0.25) is 0 Å². The number of nitrogens with two attached hydrogens (primary N) is 1. The van der Waals surface area contributed by atoms with E-state index in [2.05, 4.69) is 10.2 Å². The number of benzene rings is 1. The number of methoxy groups -OCH3 is 1. The number of hydrogen-bond donors (Lipinski definition) is 3. The van der Waals surface area contributed by atoms with Crippen LogP contribution in [-0.4, -0.2) is 22.4 Å². The van der Waals surface area contributed by atoms with Crippen molar-refractivity contribution in [3.05, 3.63) is 30.0 Å². The molecule has 0 aliphatic rings. The number of rotatable bonds is 3. The number of phenols is 1. The minimum Gasteiger partial charge on any atom is -0.507 e. The van der Waals surface area contributed by atoms with Crippen LogP contribution in [0, 0.1) is 0 Å². The maximum absolute atomic E-state index is 10.0. The summed E-state index contributed by atoms with van der Waals surface area (Å²) in [5.41, 5.74) is 7.77. The number of nitrogen functional groups attached to an aromatic ring is 1. The van der Waals surface area contributed by atoms with Gasteiger partial charge in [-0.2, -0.15) is 5.10 Å². The molecule has 4 N–H and O–H groups in total. The molecule has 0 spiro atoms. The van der Waals surface area contributed by atoms with Gasteiger partial charge in [0.25, 0.3) is 0 Å². The van der Waals surface area contributed by atoms with Crippen LogP contribution in [0.25, 0.3) is 11.1 Å². The van der Waals surface area contributed by atoms with Gasteiger partial charge in [0.2, 0.25) is 0 Å². The van der Waals surface area contributed by atoms with E-state index in [4.69, 9.17) is 10.5 Å². The van der Waals surface area contributed by atoms with Crippen LogP contribution >= 0.6 is 0 Å². The Labute approximate surface area is 92.9 Å². The molecule has 0 atom stereocenters. The molecule has 0 bridgehead atoms. The first-order chi connectivity index (χ1) is 7.74. The van der Waals surface area contributed by atoms with Crippen molar-refractivity contribution in [3.8, 4) is 16.9 Å². The van der Waals surface area contributed by atoms with Crippen LogP contribution in [0.4, 0.5) is 5.82 Å². The van der Waals surface area contributed by atoms with Crippen LogP contribution in [0.1, 0.15) is 5.56 Å². The molecule has 1 aromatic carbocycles. The van der Waals surface area contributed by atoms with Crippen molar-refractivity contribution in [2.75, 3.05) is 12.8 Å². The van der Waals surface area contributed by atoms with Crippen molar-refractivity contribution in [2.45, 2.75) is 6.61 Å². The third-order valence-corrected chi connectivity index (χ3v) is 2.38. The SMILES string of the molecule is COCc1cccc(-c2cn[nH]c2N)c1O. The Balaban J connectivity index is 2.50. The van der Waals surface area contributed by atoms with E-state index in [9.17, 15) is 5.11 Å². The first kappa shape index (κ1) is 10.5. The molecule has 0 unspecified atom stereocenters. The number of aromatic nitrogens is 2. The van der Waals surface area contributed by atoms with Crippen molar-refractivity contribution in [1.82, 2.24) is 10.2 Å². The summed E-state index contributed by atoms with van der Waals surface area (Å²) in [5.74, 6) is 0.613. The van der Waals surface area contributed by atoms with Crippen LogP contribution in [-0.2, 0) is 11.3 Å². The standard InChI is InChI=1S/C11H13N3O2/c1-16-6-7-3-2-4-8(10(7)15)9-5-13-14-11(9)12/h2-5,15H,6H2,1H3,(H3,12,13,14). The third kappa shape index (κ3) is 1.72. The number of phenolic OH excluding ortho intramolecular Hbond substituents is 1. The van der Waals surface area contributed by atoms with E-state index in [-0.39, 0.29) is 5.75 Å². The van der Waals surface area contributed by atoms with Gasteiger partial charge in [0.1, 0.15) is 11.6 Å². The first-order valence-corrected chi connectivity index (χ1v) is 4.83. The topological polar surface area (TPSA) is 84.2 Å². The van der Waals surface area contributed by atoms with Gasteiger partial charge in [-0.3, -0.25) is 5.10 Å². The molecule has 0 saturated carbocycles. The molecule has 0 fully saturated rings. The highest BCUT2D eigenvalue weighted by molar-refractivity contribution is 5.78. The summed E-state index contributed by atoms with van der Waals surface area (Å²) >= 11 is 0. The number of nitrogens with zero attached hydrogens (tertiary/aromatic N) is 1. The number of aromatic amines is 1. The van der Waals surface area contributed by atoms with Crippen molar-refractivity contribution < 1.29 is 9.84 Å². The Kier molecular flexibility index (Phi) is 2.78. The summed E-state index contributed by atoms with van der Waals surface area (Å²) in [7, 11) is 1.58. The summed E-state index contributed by atoms with van der Waals surface area (Å²) in [4.78, 5) is 0. The number of H-pyrrole nitrogens is 1. The molecule has 1 heterocycles. The quantitative estimate of drug-likeness (QED) is 0.730. The Morgan fingerprint density at radius 2 is 2.25 bits per heavy atom. The number of anilines is 1. The minimum atomic E-state index is 0.178. The lowest BCUT2D eigenvalue weighted by Crippen LogP contribution is -1.92. The highest BCUT2D eigenvalue weighted by atomic mass is 16.5. The molecule has 1 aromatic heterocycles. The van der Waals surface area contributed by atoms with Gasteiger partial charge in [-0.15, -0.1) is 0 Å². The molecular weight excluding hydrogens is 206 g/mol. The molecule has 0 amide bonds. The Morgan fingerprint density at radius 1 is 1.44 bits per heavy atom. The molecule has 0 aliphatic heterocycles. The molecule has 0 aliphatic carbocycles. The number of hydrogen-bond acceptors (Lipinski definition) is 4. The van der Waals surface area contributed by atoms with Crippen molar-refractivity contribution >= 4 is 5.82 Å². The molecule has 2 rings (SSSR count). The van der Waals surface area contributed by atoms with Crippen molar-refractivity contribution in [3.63, 3.8) is 0 Å². The van der Waals surface area contributed by atoms with Gasteiger partial charge < -0.3 is 15.6 Å². The molecule has 2 aromatic rings. The zero-order chi connectivity index (χ0) is 11.5. The second-order valence-electron chi connectivity index (χ2n) is 3.44. The predicted molar refractivity (Wildman–Crippen MR) is 60.8 cm³/mol. The van der Waals surface area contributed by atoms with Crippen LogP contribution in [0.5, 0.6) is 5.75 Å². The van der Waals surface area contributed by atoms with Crippen molar-refractivity contribution in [1.29, 1.82) is 0 Å². The number of aromatic hydroxyl groups is 1. The molecule has 16 heavy (non-hydrogen) atoms. The fourth-order valence-electron chi connectivity index (χ4n) is 1.59. The van der Waals surface area contributed by atoms with E-state index < -0.39 is 0 Å². The van der Waals surface area contributed by atoms with Crippen LogP contribution < -0.4 is 5.73 Å². The van der Waals surface area contributed by atoms with Gasteiger partial charge in [-0.25, -0.2) is 0 Å². The molecule has 0 radical (unpaired) electrons. The van der Waals surface area contributed by atoms with Gasteiger partial charge in [0.15, 0.2) is 0 Å². The van der Waals surface area contributed by atoms with Gasteiger partial charge in [0.05, 0.1) is 12.8 Å². The number of nitrogens with one attached hydrogen (secondary N) is 1. The largest absolute Gasteiger partial charge is 0.507 e. The van der Waals surface area contributed by atoms with Crippen molar-refractivity contribution in [2.24, 2.45) is 0 Å². The monoisotopic (exact) mass is 219 g/mol. The lowest BCUT2D eigenvalue weighted by molar-refractivity contribution is 0.182. The Bertz CT molecular complexity index is 494. The van der Waals surface area contributed by atoms with Crippen LogP contribution in [0.3, 0.4) is 0 Å². The predicted octanol–water partition coefficient (Wildman–Crippen LogP) is 1.51. The average molecular weight is 219 g/mol. The van der Waals surface area contributed by atoms with E-state index in [1.807, 2.05) is 6.07 Å². The van der Waals surface area contributed by atoms with Gasteiger partial charge in [0, 0.05) is 23.8 Å². The smallest absolute Gasteiger partial charge is 0.129 e. The van der Waals surface area contributed by atoms with Gasteiger partial charge in [-0.1, -0.05) is 18.2 Å². The van der Waals surface area contributed by atoms with Gasteiger partial charge >= 0.3 is 0 Å². The second-order valence-corrected chi connectivity index (χ2v) is 3.44. The zero-order valence-electron chi connectivity index (χ0n) is 8.90. The summed E-state index contributed by atoms with van der Waals surface area (Å²) in [6.45, 7) is 0.359. The average Bonchev–Trinajstić information content (AvgIpc) is 2.68. The first-order valence-electron chi connectivity index (χ1n) is 4.83. The summed E-state index contributed by atoms with van der Waals surface area (Å²) in [5, 5.41) is 16.5. The summed E-state index contributed by atoms with van der Waals surface area (Å²) in [6, 6.07) is 5.43. The normalized spacial score (nSPS) is 10.6. The van der Waals surface area contributed by atoms with E-state index >= 15 is 0 Å². The zero-order valence-corrected chi connectivity index (χ0v) is 8.90. The highest BCUT2D eigenvalue weighted by Gasteiger charge is 2.12. The van der Waals surface area contributed by atoms with E-state index in [0.717, 1.165) is 5.56 Å². The summed E-state index contributed by atoms with van der Waals surface area (Å²) in [6.07, 6.45) is 1.58. The van der Waals surface area contributed by atoms with E-state index in [0.29, 0.717) is 23.6 Å². The molecule has 84 valence electrons. The lowest BCUT2D eigenvalue weighted by Gasteiger charge is -2.08. The lowest BCUT2D eigenvalue weighted by atomic mass is 10.0. The number of para-hydroxylation sites is 1. The maximum atomic E-state index is 10.0. The molecule has 5 heteroatoms. The fraction of sp³-hybridized carbons (Fsp3) is 0.182. The Hall–Kier alpha value is -2.01. The Morgan fingerprint density at radius 3 is 2.88 bits per heavy atom. The molecule has 5 nitrogen and oxygen atoms in total. The molecular formula is C11H13N3O2. The third-order valence-electron chi connectivity index (χ3n) is 2.38. The summed E-state index contributed by atoms with van der Waals surface area (Å²) < 4.78 is 5.00.